The minimum Gasteiger partial charge on any atom is -0.273 e. The van der Waals surface area contributed by atoms with E-state index < -0.39 is 4.92 Å². The normalized spacial score (nSPS) is 14.9. The van der Waals surface area contributed by atoms with Crippen LogP contribution in [-0.4, -0.2) is 17.0 Å². The van der Waals surface area contributed by atoms with E-state index in [4.69, 9.17) is 0 Å². The number of hydrogen-bond donors (Lipinski definition) is 1. The molecule has 1 aliphatic rings. The van der Waals surface area contributed by atoms with Crippen LogP contribution >= 0.6 is 0 Å². The molecule has 0 unspecified atom stereocenters. The van der Waals surface area contributed by atoms with E-state index >= 15 is 0 Å². The molecule has 0 radical (unpaired) electrons. The monoisotopic (exact) mass is 259 g/mol. The van der Waals surface area contributed by atoms with E-state index in [2.05, 4.69) is 10.5 Å². The van der Waals surface area contributed by atoms with E-state index in [0.29, 0.717) is 5.56 Å². The van der Waals surface area contributed by atoms with Crippen LogP contribution in [-0.2, 0) is 4.79 Å². The van der Waals surface area contributed by atoms with Gasteiger partial charge in [0.2, 0.25) is 5.91 Å². The Labute approximate surface area is 110 Å². The molecule has 0 aliphatic heterocycles. The third-order valence-electron chi connectivity index (χ3n) is 2.69. The fraction of sp³-hybridized carbons (Fsp3) is 0.231. The molecule has 1 N–H and O–H groups in total. The van der Waals surface area contributed by atoms with Gasteiger partial charge in [0, 0.05) is 18.2 Å². The summed E-state index contributed by atoms with van der Waals surface area (Å²) >= 11 is 0. The van der Waals surface area contributed by atoms with Crippen LogP contribution in [0.4, 0.5) is 5.69 Å². The van der Waals surface area contributed by atoms with Gasteiger partial charge in [-0.2, -0.15) is 5.10 Å². The lowest BCUT2D eigenvalue weighted by atomic mass is 10.2. The smallest absolute Gasteiger partial charge is 0.273 e. The minimum absolute atomic E-state index is 0.0363. The number of nitrogens with zero attached hydrogens (tertiary/aromatic N) is 2. The first-order chi connectivity index (χ1) is 9.18. The molecule has 0 bridgehead atoms. The summed E-state index contributed by atoms with van der Waals surface area (Å²) in [6.07, 6.45) is 6.37. The Morgan fingerprint density at radius 1 is 1.42 bits per heavy atom. The van der Waals surface area contributed by atoms with Crippen molar-refractivity contribution >= 4 is 23.9 Å². The van der Waals surface area contributed by atoms with Crippen molar-refractivity contribution in [1.82, 2.24) is 5.43 Å². The van der Waals surface area contributed by atoms with Crippen molar-refractivity contribution in [3.05, 3.63) is 46.0 Å². The van der Waals surface area contributed by atoms with Gasteiger partial charge in [0.15, 0.2) is 0 Å². The molecule has 1 fully saturated rings. The van der Waals surface area contributed by atoms with Crippen LogP contribution in [0.2, 0.25) is 0 Å². The molecular formula is C13H13N3O3. The van der Waals surface area contributed by atoms with Gasteiger partial charge in [-0.25, -0.2) is 5.43 Å². The van der Waals surface area contributed by atoms with Crippen LogP contribution in [0, 0.1) is 16.0 Å². The summed E-state index contributed by atoms with van der Waals surface area (Å²) in [5, 5.41) is 14.5. The van der Waals surface area contributed by atoms with Gasteiger partial charge < -0.3 is 0 Å². The van der Waals surface area contributed by atoms with E-state index in [-0.39, 0.29) is 17.5 Å². The predicted molar refractivity (Wildman–Crippen MR) is 71.5 cm³/mol. The number of carbonyl (C=O) groups excluding carboxylic acids is 1. The maximum atomic E-state index is 11.2. The van der Waals surface area contributed by atoms with Gasteiger partial charge in [0.1, 0.15) is 0 Å². The summed E-state index contributed by atoms with van der Waals surface area (Å²) in [5.41, 5.74) is 2.94. The van der Waals surface area contributed by atoms with E-state index in [0.717, 1.165) is 12.8 Å². The fourth-order valence-corrected chi connectivity index (χ4v) is 1.52. The molecule has 1 saturated carbocycles. The Balaban J connectivity index is 1.93. The number of hydrazone groups is 1. The number of allylic oxidation sites excluding steroid dienone is 1. The first-order valence-electron chi connectivity index (χ1n) is 5.91. The third-order valence-corrected chi connectivity index (χ3v) is 2.69. The number of nitrogens with one attached hydrogen (secondary N) is 1. The molecular weight excluding hydrogens is 246 g/mol. The number of benzene rings is 1. The number of hydrogen-bond acceptors (Lipinski definition) is 4. The van der Waals surface area contributed by atoms with Crippen LogP contribution in [0.5, 0.6) is 0 Å². The third kappa shape index (κ3) is 3.74. The maximum Gasteiger partial charge on any atom is 0.276 e. The summed E-state index contributed by atoms with van der Waals surface area (Å²) in [7, 11) is 0. The summed E-state index contributed by atoms with van der Waals surface area (Å²) in [4.78, 5) is 21.6. The van der Waals surface area contributed by atoms with Gasteiger partial charge in [-0.15, -0.1) is 0 Å². The van der Waals surface area contributed by atoms with Crippen LogP contribution < -0.4 is 5.43 Å². The standard InChI is InChI=1S/C13H13N3O3/c17-13(11-7-8-11)15-14-9-3-5-10-4-1-2-6-12(10)16(18)19/h1-6,9,11H,7-8H2,(H,15,17). The van der Waals surface area contributed by atoms with Crippen molar-refractivity contribution in [1.29, 1.82) is 0 Å². The molecule has 98 valence electrons. The summed E-state index contributed by atoms with van der Waals surface area (Å²) in [5.74, 6) is 0.0340. The van der Waals surface area contributed by atoms with Gasteiger partial charge in [-0.05, 0) is 31.1 Å². The van der Waals surface area contributed by atoms with Crippen molar-refractivity contribution in [3.63, 3.8) is 0 Å². The second-order valence-corrected chi connectivity index (χ2v) is 4.20. The molecule has 0 heterocycles. The lowest BCUT2D eigenvalue weighted by Crippen LogP contribution is -2.18. The highest BCUT2D eigenvalue weighted by atomic mass is 16.6. The largest absolute Gasteiger partial charge is 0.276 e. The predicted octanol–water partition coefficient (Wildman–Crippen LogP) is 2.12. The number of rotatable bonds is 5. The highest BCUT2D eigenvalue weighted by molar-refractivity contribution is 5.84. The molecule has 0 aromatic heterocycles. The van der Waals surface area contributed by atoms with Gasteiger partial charge in [-0.1, -0.05) is 12.1 Å². The molecule has 2 rings (SSSR count). The number of para-hydroxylation sites is 1. The van der Waals surface area contributed by atoms with E-state index in [1.807, 2.05) is 0 Å². The van der Waals surface area contributed by atoms with Gasteiger partial charge in [-0.3, -0.25) is 14.9 Å². The Hall–Kier alpha value is -2.50. The minimum atomic E-state index is -0.439. The van der Waals surface area contributed by atoms with Crippen LogP contribution in [0.25, 0.3) is 6.08 Å². The molecule has 6 heteroatoms. The van der Waals surface area contributed by atoms with Gasteiger partial charge in [0.25, 0.3) is 5.69 Å². The zero-order valence-electron chi connectivity index (χ0n) is 10.2. The summed E-state index contributed by atoms with van der Waals surface area (Å²) < 4.78 is 0. The molecule has 0 spiro atoms. The molecule has 1 aromatic carbocycles. The summed E-state index contributed by atoms with van der Waals surface area (Å²) in [6.45, 7) is 0. The van der Waals surface area contributed by atoms with E-state index in [9.17, 15) is 14.9 Å². The number of amides is 1. The number of carbonyl (C=O) groups is 1. The summed E-state index contributed by atoms with van der Waals surface area (Å²) in [6, 6.07) is 6.41. The van der Waals surface area contributed by atoms with E-state index in [1.54, 1.807) is 30.4 Å². The van der Waals surface area contributed by atoms with Gasteiger partial charge in [0.05, 0.1) is 10.5 Å². The van der Waals surface area contributed by atoms with Crippen molar-refractivity contribution in [2.24, 2.45) is 11.0 Å². The van der Waals surface area contributed by atoms with Crippen molar-refractivity contribution in [3.8, 4) is 0 Å². The highest BCUT2D eigenvalue weighted by Crippen LogP contribution is 2.28. The maximum absolute atomic E-state index is 11.2. The average molecular weight is 259 g/mol. The molecule has 6 nitrogen and oxygen atoms in total. The average Bonchev–Trinajstić information content (AvgIpc) is 3.22. The Morgan fingerprint density at radius 2 is 2.16 bits per heavy atom. The van der Waals surface area contributed by atoms with Crippen LogP contribution in [0.3, 0.4) is 0 Å². The van der Waals surface area contributed by atoms with Crippen LogP contribution in [0.1, 0.15) is 18.4 Å². The highest BCUT2D eigenvalue weighted by Gasteiger charge is 2.29. The molecule has 1 amide bonds. The SMILES string of the molecule is O=C(NN=CC=Cc1ccccc1[N+](=O)[O-])C1CC1. The Kier molecular flexibility index (Phi) is 4.02. The van der Waals surface area contributed by atoms with Gasteiger partial charge >= 0.3 is 0 Å². The Morgan fingerprint density at radius 3 is 2.84 bits per heavy atom. The fourth-order valence-electron chi connectivity index (χ4n) is 1.52. The second kappa shape index (κ2) is 5.90. The molecule has 0 saturated heterocycles. The molecule has 1 aromatic rings. The quantitative estimate of drug-likeness (QED) is 0.499. The zero-order chi connectivity index (χ0) is 13.7. The Bertz CT molecular complexity index is 548. The topological polar surface area (TPSA) is 84.6 Å². The van der Waals surface area contributed by atoms with E-state index in [1.165, 1.54) is 12.3 Å². The first kappa shape index (κ1) is 12.9. The molecule has 0 atom stereocenters. The van der Waals surface area contributed by atoms with Crippen molar-refractivity contribution in [2.75, 3.05) is 0 Å². The van der Waals surface area contributed by atoms with Crippen LogP contribution in [0.15, 0.2) is 35.4 Å². The van der Waals surface area contributed by atoms with Crippen molar-refractivity contribution in [2.45, 2.75) is 12.8 Å². The first-order valence-corrected chi connectivity index (χ1v) is 5.91. The molecule has 19 heavy (non-hydrogen) atoms. The number of nitro groups is 1. The second-order valence-electron chi connectivity index (χ2n) is 4.20. The lowest BCUT2D eigenvalue weighted by molar-refractivity contribution is -0.385. The number of nitro benzene ring substituents is 1. The zero-order valence-corrected chi connectivity index (χ0v) is 10.2. The lowest BCUT2D eigenvalue weighted by Gasteiger charge is -1.95. The molecule has 1 aliphatic carbocycles. The van der Waals surface area contributed by atoms with Crippen molar-refractivity contribution < 1.29 is 9.72 Å².